The molecule has 4 atom stereocenters. The number of benzene rings is 1. The molecular formula is C17H20N2O2. The largest absolute Gasteiger partial charge is 0.285 e. The van der Waals surface area contributed by atoms with Crippen molar-refractivity contribution in [1.82, 2.24) is 9.80 Å². The van der Waals surface area contributed by atoms with Gasteiger partial charge in [0.1, 0.15) is 0 Å². The van der Waals surface area contributed by atoms with Crippen LogP contribution in [0.4, 0.5) is 0 Å². The number of carbonyl (C=O) groups is 2. The minimum Gasteiger partial charge on any atom is -0.285 e. The first-order valence-electron chi connectivity index (χ1n) is 7.52. The molecule has 3 aliphatic rings. The lowest BCUT2D eigenvalue weighted by molar-refractivity contribution is -0.140. The van der Waals surface area contributed by atoms with Gasteiger partial charge in [-0.25, -0.2) is 0 Å². The minimum atomic E-state index is -0.207. The predicted molar refractivity (Wildman–Crippen MR) is 78.3 cm³/mol. The Morgan fingerprint density at radius 3 is 1.71 bits per heavy atom. The number of amides is 2. The second-order valence-corrected chi connectivity index (χ2v) is 7.38. The van der Waals surface area contributed by atoms with Crippen molar-refractivity contribution in [2.45, 2.75) is 38.4 Å². The highest BCUT2D eigenvalue weighted by atomic mass is 16.2. The van der Waals surface area contributed by atoms with E-state index < -0.39 is 0 Å². The van der Waals surface area contributed by atoms with Gasteiger partial charge in [0.25, 0.3) is 0 Å². The number of hydrogen-bond acceptors (Lipinski definition) is 3. The number of hydrogen-bond donors (Lipinski definition) is 0. The van der Waals surface area contributed by atoms with Crippen LogP contribution in [0.15, 0.2) is 24.3 Å². The van der Waals surface area contributed by atoms with Gasteiger partial charge in [0.2, 0.25) is 11.8 Å². The lowest BCUT2D eigenvalue weighted by Gasteiger charge is -2.37. The molecular weight excluding hydrogens is 264 g/mol. The topological polar surface area (TPSA) is 40.6 Å². The Morgan fingerprint density at radius 1 is 0.905 bits per heavy atom. The van der Waals surface area contributed by atoms with E-state index in [1.165, 1.54) is 16.0 Å². The standard InChI is InChI=1S/C17H20N2O2/c1-17(2,3)19-13-9-7-5-6-8-10(9)14(19)12-11(13)15(20)18(4)16(12)21/h5-8,11-14H,1-4H3/t11-,12+,13-,14+. The molecule has 1 aromatic carbocycles. The van der Waals surface area contributed by atoms with Crippen LogP contribution in [0.25, 0.3) is 0 Å². The van der Waals surface area contributed by atoms with Gasteiger partial charge in [0.15, 0.2) is 0 Å². The summed E-state index contributed by atoms with van der Waals surface area (Å²) in [5.41, 5.74) is 2.39. The average Bonchev–Trinajstić information content (AvgIpc) is 3.02. The Balaban J connectivity index is 1.94. The SMILES string of the molecule is CN1C(=O)[C@@H]2[C@H](C1=O)[C@@H]1c3ccccc3[C@H]2N1C(C)(C)C. The van der Waals surface area contributed by atoms with E-state index in [-0.39, 0.29) is 41.3 Å². The number of likely N-dealkylation sites (tertiary alicyclic amines) is 1. The lowest BCUT2D eigenvalue weighted by atomic mass is 9.77. The molecule has 0 spiro atoms. The molecule has 2 saturated heterocycles. The highest BCUT2D eigenvalue weighted by Gasteiger charge is 2.67. The maximum Gasteiger partial charge on any atom is 0.234 e. The maximum absolute atomic E-state index is 12.5. The summed E-state index contributed by atoms with van der Waals surface area (Å²) in [5.74, 6) is -0.439. The molecule has 0 N–H and O–H groups in total. The zero-order chi connectivity index (χ0) is 15.1. The first-order chi connectivity index (χ1) is 9.84. The molecule has 4 nitrogen and oxygen atoms in total. The summed E-state index contributed by atoms with van der Waals surface area (Å²) >= 11 is 0. The van der Waals surface area contributed by atoms with E-state index in [4.69, 9.17) is 0 Å². The van der Waals surface area contributed by atoms with Crippen LogP contribution in [-0.4, -0.2) is 34.2 Å². The number of imide groups is 1. The summed E-state index contributed by atoms with van der Waals surface area (Å²) in [6, 6.07) is 8.37. The summed E-state index contributed by atoms with van der Waals surface area (Å²) in [7, 11) is 1.62. The highest BCUT2D eigenvalue weighted by Crippen LogP contribution is 2.63. The molecule has 21 heavy (non-hydrogen) atoms. The third kappa shape index (κ3) is 1.39. The molecule has 2 fully saturated rings. The second kappa shape index (κ2) is 3.74. The Kier molecular flexibility index (Phi) is 2.32. The van der Waals surface area contributed by atoms with Gasteiger partial charge in [-0.1, -0.05) is 24.3 Å². The van der Waals surface area contributed by atoms with Gasteiger partial charge in [-0.15, -0.1) is 0 Å². The smallest absolute Gasteiger partial charge is 0.234 e. The molecule has 110 valence electrons. The van der Waals surface area contributed by atoms with Crippen LogP contribution in [0, 0.1) is 11.8 Å². The van der Waals surface area contributed by atoms with Crippen molar-refractivity contribution in [2.24, 2.45) is 11.8 Å². The number of rotatable bonds is 0. The van der Waals surface area contributed by atoms with Gasteiger partial charge >= 0.3 is 0 Å². The van der Waals surface area contributed by atoms with Crippen molar-refractivity contribution >= 4 is 11.8 Å². The first-order valence-corrected chi connectivity index (χ1v) is 7.52. The van der Waals surface area contributed by atoms with E-state index in [2.05, 4.69) is 37.8 Å². The van der Waals surface area contributed by atoms with Crippen molar-refractivity contribution < 1.29 is 9.59 Å². The fourth-order valence-electron chi connectivity index (χ4n) is 4.62. The molecule has 4 heteroatoms. The van der Waals surface area contributed by atoms with Crippen LogP contribution < -0.4 is 0 Å². The molecule has 0 saturated carbocycles. The number of nitrogens with zero attached hydrogens (tertiary/aromatic N) is 2. The first kappa shape index (κ1) is 13.0. The quantitative estimate of drug-likeness (QED) is 0.685. The molecule has 1 aromatic rings. The fourth-order valence-corrected chi connectivity index (χ4v) is 4.62. The van der Waals surface area contributed by atoms with Gasteiger partial charge in [-0.2, -0.15) is 0 Å². The molecule has 2 bridgehead atoms. The van der Waals surface area contributed by atoms with E-state index in [0.717, 1.165) is 0 Å². The Morgan fingerprint density at radius 2 is 1.33 bits per heavy atom. The minimum absolute atomic E-state index is 0.0127. The highest BCUT2D eigenvalue weighted by molar-refractivity contribution is 6.06. The zero-order valence-electron chi connectivity index (χ0n) is 12.8. The van der Waals surface area contributed by atoms with E-state index in [0.29, 0.717) is 0 Å². The fraction of sp³-hybridized carbons (Fsp3) is 0.529. The summed E-state index contributed by atoms with van der Waals surface area (Å²) < 4.78 is 0. The van der Waals surface area contributed by atoms with E-state index in [1.54, 1.807) is 7.05 Å². The Bertz CT molecular complexity index is 612. The normalized spacial score (nSPS) is 34.6. The molecule has 0 aliphatic carbocycles. The van der Waals surface area contributed by atoms with E-state index >= 15 is 0 Å². The van der Waals surface area contributed by atoms with Gasteiger partial charge in [0, 0.05) is 24.7 Å². The van der Waals surface area contributed by atoms with E-state index in [9.17, 15) is 9.59 Å². The van der Waals surface area contributed by atoms with Crippen molar-refractivity contribution in [1.29, 1.82) is 0 Å². The third-order valence-electron chi connectivity index (χ3n) is 5.31. The predicted octanol–water partition coefficient (Wildman–Crippen LogP) is 2.13. The van der Waals surface area contributed by atoms with Crippen molar-refractivity contribution in [3.8, 4) is 0 Å². The summed E-state index contributed by atoms with van der Waals surface area (Å²) in [6.07, 6.45) is 0. The number of fused-ring (bicyclic) bond motifs is 8. The van der Waals surface area contributed by atoms with Crippen LogP contribution in [-0.2, 0) is 9.59 Å². The molecule has 3 heterocycles. The van der Waals surface area contributed by atoms with Crippen LogP contribution in [0.2, 0.25) is 0 Å². The monoisotopic (exact) mass is 284 g/mol. The Labute approximate surface area is 124 Å². The average molecular weight is 284 g/mol. The maximum atomic E-state index is 12.5. The van der Waals surface area contributed by atoms with Gasteiger partial charge < -0.3 is 0 Å². The third-order valence-corrected chi connectivity index (χ3v) is 5.31. The molecule has 0 unspecified atom stereocenters. The lowest BCUT2D eigenvalue weighted by Crippen LogP contribution is -2.42. The van der Waals surface area contributed by atoms with Crippen molar-refractivity contribution in [3.05, 3.63) is 35.4 Å². The van der Waals surface area contributed by atoms with Crippen molar-refractivity contribution in [2.75, 3.05) is 7.05 Å². The Hall–Kier alpha value is -1.68. The molecule has 3 aliphatic heterocycles. The van der Waals surface area contributed by atoms with Crippen LogP contribution in [0.5, 0.6) is 0 Å². The van der Waals surface area contributed by atoms with Crippen LogP contribution in [0.3, 0.4) is 0 Å². The zero-order valence-corrected chi connectivity index (χ0v) is 12.8. The summed E-state index contributed by atoms with van der Waals surface area (Å²) in [6.45, 7) is 6.50. The molecule has 0 radical (unpaired) electrons. The molecule has 4 rings (SSSR count). The van der Waals surface area contributed by atoms with Crippen molar-refractivity contribution in [3.63, 3.8) is 0 Å². The number of carbonyl (C=O) groups excluding carboxylic acids is 2. The van der Waals surface area contributed by atoms with E-state index in [1.807, 2.05) is 12.1 Å². The molecule has 2 amide bonds. The van der Waals surface area contributed by atoms with Gasteiger partial charge in [0.05, 0.1) is 11.8 Å². The summed E-state index contributed by atoms with van der Waals surface area (Å²) in [5, 5.41) is 0. The van der Waals surface area contributed by atoms with Gasteiger partial charge in [-0.05, 0) is 31.9 Å². The van der Waals surface area contributed by atoms with Gasteiger partial charge in [-0.3, -0.25) is 19.4 Å². The molecule has 0 aromatic heterocycles. The summed E-state index contributed by atoms with van der Waals surface area (Å²) in [4.78, 5) is 28.8. The second-order valence-electron chi connectivity index (χ2n) is 7.38. The van der Waals surface area contributed by atoms with Crippen LogP contribution >= 0.6 is 0 Å². The van der Waals surface area contributed by atoms with Crippen LogP contribution in [0.1, 0.15) is 44.0 Å².